The van der Waals surface area contributed by atoms with Crippen LogP contribution in [0.5, 0.6) is 0 Å². The normalized spacial score (nSPS) is 11.4. The van der Waals surface area contributed by atoms with Gasteiger partial charge in [-0.25, -0.2) is 4.68 Å². The van der Waals surface area contributed by atoms with Crippen molar-refractivity contribution in [1.82, 2.24) is 25.0 Å². The number of para-hydroxylation sites is 1. The number of amides is 1. The molecule has 0 saturated carbocycles. The Morgan fingerprint density at radius 1 is 1.12 bits per heavy atom. The number of alkyl halides is 3. The molecule has 0 unspecified atom stereocenters. The lowest BCUT2D eigenvalue weighted by atomic mass is 10.1. The SMILES string of the molecule is O=C(Cc1cn(-c2ccccc2)nc1-c1ccc([N+](=O)[O-])cc1)Nc1n[nH]c(C(F)(F)F)n1. The number of H-pyrrole nitrogens is 1. The van der Waals surface area contributed by atoms with Gasteiger partial charge in [-0.05, 0) is 24.3 Å². The Kier molecular flexibility index (Phi) is 5.60. The number of non-ortho nitro benzene ring substituents is 1. The molecule has 168 valence electrons. The van der Waals surface area contributed by atoms with Crippen molar-refractivity contribution in [3.8, 4) is 16.9 Å². The number of hydrogen-bond donors (Lipinski definition) is 2. The summed E-state index contributed by atoms with van der Waals surface area (Å²) in [4.78, 5) is 26.1. The van der Waals surface area contributed by atoms with Gasteiger partial charge >= 0.3 is 6.18 Å². The molecule has 0 bridgehead atoms. The van der Waals surface area contributed by atoms with Crippen LogP contribution in [-0.4, -0.2) is 35.8 Å². The summed E-state index contributed by atoms with van der Waals surface area (Å²) < 4.78 is 39.5. The first kappa shape index (κ1) is 21.7. The van der Waals surface area contributed by atoms with E-state index in [4.69, 9.17) is 0 Å². The highest BCUT2D eigenvalue weighted by molar-refractivity contribution is 5.91. The van der Waals surface area contributed by atoms with Crippen LogP contribution in [0.2, 0.25) is 0 Å². The van der Waals surface area contributed by atoms with E-state index in [2.05, 4.69) is 20.5 Å². The van der Waals surface area contributed by atoms with Gasteiger partial charge in [0.15, 0.2) is 0 Å². The number of aromatic amines is 1. The fourth-order valence-electron chi connectivity index (χ4n) is 3.02. The maximum absolute atomic E-state index is 12.7. The lowest BCUT2D eigenvalue weighted by Gasteiger charge is -2.03. The van der Waals surface area contributed by atoms with Crippen LogP contribution in [0.1, 0.15) is 11.4 Å². The highest BCUT2D eigenvalue weighted by Crippen LogP contribution is 2.28. The van der Waals surface area contributed by atoms with Crippen LogP contribution in [0, 0.1) is 10.1 Å². The van der Waals surface area contributed by atoms with Crippen LogP contribution < -0.4 is 5.32 Å². The van der Waals surface area contributed by atoms with E-state index in [-0.39, 0.29) is 12.1 Å². The van der Waals surface area contributed by atoms with Crippen molar-refractivity contribution in [1.29, 1.82) is 0 Å². The average molecular weight is 457 g/mol. The Bertz CT molecular complexity index is 1300. The number of aromatic nitrogens is 5. The predicted molar refractivity (Wildman–Crippen MR) is 109 cm³/mol. The Morgan fingerprint density at radius 2 is 1.82 bits per heavy atom. The van der Waals surface area contributed by atoms with Crippen molar-refractivity contribution in [2.45, 2.75) is 12.6 Å². The summed E-state index contributed by atoms with van der Waals surface area (Å²) in [5.41, 5.74) is 1.95. The summed E-state index contributed by atoms with van der Waals surface area (Å²) in [6, 6.07) is 14.6. The molecule has 0 aliphatic heterocycles. The van der Waals surface area contributed by atoms with Crippen LogP contribution in [0.25, 0.3) is 16.9 Å². The lowest BCUT2D eigenvalue weighted by molar-refractivity contribution is -0.384. The fourth-order valence-corrected chi connectivity index (χ4v) is 3.02. The molecule has 0 atom stereocenters. The van der Waals surface area contributed by atoms with Gasteiger partial charge in [-0.1, -0.05) is 18.2 Å². The van der Waals surface area contributed by atoms with Crippen molar-refractivity contribution in [2.24, 2.45) is 0 Å². The first-order chi connectivity index (χ1) is 15.7. The zero-order valence-electron chi connectivity index (χ0n) is 16.6. The number of hydrogen-bond acceptors (Lipinski definition) is 6. The molecule has 0 spiro atoms. The zero-order valence-corrected chi connectivity index (χ0v) is 16.6. The quantitative estimate of drug-likeness (QED) is 0.335. The van der Waals surface area contributed by atoms with Gasteiger partial charge in [-0.15, -0.1) is 5.10 Å². The van der Waals surface area contributed by atoms with E-state index in [0.717, 1.165) is 0 Å². The molecule has 33 heavy (non-hydrogen) atoms. The van der Waals surface area contributed by atoms with E-state index in [1.807, 2.05) is 6.07 Å². The first-order valence-corrected chi connectivity index (χ1v) is 9.39. The van der Waals surface area contributed by atoms with Crippen LogP contribution in [0.15, 0.2) is 60.8 Å². The van der Waals surface area contributed by atoms with E-state index >= 15 is 0 Å². The van der Waals surface area contributed by atoms with Gasteiger partial charge in [0.2, 0.25) is 17.7 Å². The Balaban J connectivity index is 1.63. The third-order valence-electron chi connectivity index (χ3n) is 4.52. The molecule has 0 aliphatic carbocycles. The number of benzene rings is 2. The maximum atomic E-state index is 12.7. The van der Waals surface area contributed by atoms with Crippen LogP contribution in [0.4, 0.5) is 24.8 Å². The summed E-state index contributed by atoms with van der Waals surface area (Å²) in [6.07, 6.45) is -3.38. The van der Waals surface area contributed by atoms with Crippen molar-refractivity contribution < 1.29 is 22.9 Å². The average Bonchev–Trinajstić information content (AvgIpc) is 3.42. The third kappa shape index (κ3) is 4.87. The van der Waals surface area contributed by atoms with Crippen LogP contribution in [-0.2, 0) is 17.4 Å². The standard InChI is InChI=1S/C20H14F3N7O3/c21-20(22,23)18-25-19(27-26-18)24-16(31)10-13-11-29(14-4-2-1-3-5-14)28-17(13)12-6-8-15(9-7-12)30(32)33/h1-9,11H,10H2,(H2,24,25,26,27,31). The number of carbonyl (C=O) groups is 1. The molecular weight excluding hydrogens is 443 g/mol. The van der Waals surface area contributed by atoms with Gasteiger partial charge < -0.3 is 0 Å². The summed E-state index contributed by atoms with van der Waals surface area (Å²) in [7, 11) is 0. The van der Waals surface area contributed by atoms with E-state index in [0.29, 0.717) is 22.5 Å². The number of nitrogens with one attached hydrogen (secondary N) is 2. The largest absolute Gasteiger partial charge is 0.451 e. The molecule has 0 saturated heterocycles. The summed E-state index contributed by atoms with van der Waals surface area (Å²) >= 11 is 0. The molecule has 2 N–H and O–H groups in total. The summed E-state index contributed by atoms with van der Waals surface area (Å²) in [5.74, 6) is -2.51. The van der Waals surface area contributed by atoms with Crippen molar-refractivity contribution in [3.05, 3.63) is 82.3 Å². The number of nitro benzene ring substituents is 1. The minimum atomic E-state index is -4.73. The van der Waals surface area contributed by atoms with E-state index in [9.17, 15) is 28.1 Å². The van der Waals surface area contributed by atoms with Crippen LogP contribution in [0.3, 0.4) is 0 Å². The second kappa shape index (κ2) is 8.53. The number of anilines is 1. The van der Waals surface area contributed by atoms with Crippen molar-refractivity contribution in [2.75, 3.05) is 5.32 Å². The minimum Gasteiger partial charge on any atom is -0.293 e. The highest BCUT2D eigenvalue weighted by atomic mass is 19.4. The van der Waals surface area contributed by atoms with E-state index < -0.39 is 28.8 Å². The fraction of sp³-hybridized carbons (Fsp3) is 0.100. The maximum Gasteiger partial charge on any atom is 0.451 e. The number of nitro groups is 1. The molecule has 1 amide bonds. The topological polar surface area (TPSA) is 132 Å². The van der Waals surface area contributed by atoms with E-state index in [1.54, 1.807) is 35.6 Å². The van der Waals surface area contributed by atoms with E-state index in [1.165, 1.54) is 28.9 Å². The monoisotopic (exact) mass is 457 g/mol. The second-order valence-corrected chi connectivity index (χ2v) is 6.82. The number of nitrogens with zero attached hydrogens (tertiary/aromatic N) is 5. The molecule has 10 nitrogen and oxygen atoms in total. The molecule has 0 fully saturated rings. The Labute approximate surface area is 183 Å². The molecule has 13 heteroatoms. The number of rotatable bonds is 6. The molecule has 2 aromatic heterocycles. The molecule has 2 heterocycles. The lowest BCUT2D eigenvalue weighted by Crippen LogP contribution is -2.16. The molecule has 4 rings (SSSR count). The first-order valence-electron chi connectivity index (χ1n) is 9.39. The smallest absolute Gasteiger partial charge is 0.293 e. The molecule has 2 aromatic carbocycles. The van der Waals surface area contributed by atoms with Gasteiger partial charge in [-0.3, -0.25) is 25.3 Å². The van der Waals surface area contributed by atoms with Gasteiger partial charge in [0.1, 0.15) is 0 Å². The van der Waals surface area contributed by atoms with Crippen molar-refractivity contribution >= 4 is 17.5 Å². The zero-order chi connectivity index (χ0) is 23.6. The highest BCUT2D eigenvalue weighted by Gasteiger charge is 2.35. The predicted octanol–water partition coefficient (Wildman–Crippen LogP) is 3.77. The minimum absolute atomic E-state index is 0.106. The molecule has 0 radical (unpaired) electrons. The molecule has 4 aromatic rings. The van der Waals surface area contributed by atoms with Crippen LogP contribution >= 0.6 is 0 Å². The van der Waals surface area contributed by atoms with Gasteiger partial charge in [0.05, 0.1) is 22.7 Å². The van der Waals surface area contributed by atoms with Gasteiger partial charge in [-0.2, -0.15) is 23.3 Å². The summed E-state index contributed by atoms with van der Waals surface area (Å²) in [6.45, 7) is 0. The third-order valence-corrected chi connectivity index (χ3v) is 4.52. The van der Waals surface area contributed by atoms with Gasteiger partial charge in [0, 0.05) is 29.5 Å². The Hall–Kier alpha value is -4.55. The molecular formula is C20H14F3N7O3. The Morgan fingerprint density at radius 3 is 2.42 bits per heavy atom. The summed E-state index contributed by atoms with van der Waals surface area (Å²) in [5, 5.41) is 22.7. The number of carbonyl (C=O) groups excluding carboxylic acids is 1. The van der Waals surface area contributed by atoms with Crippen molar-refractivity contribution in [3.63, 3.8) is 0 Å². The van der Waals surface area contributed by atoms with Gasteiger partial charge in [0.25, 0.3) is 5.69 Å². The molecule has 0 aliphatic rings. The second-order valence-electron chi connectivity index (χ2n) is 6.82. The number of halogens is 3.